The summed E-state index contributed by atoms with van der Waals surface area (Å²) in [5, 5.41) is 2.66. The molecule has 2 aliphatic rings. The second kappa shape index (κ2) is 4.72. The van der Waals surface area contributed by atoms with Crippen molar-refractivity contribution < 1.29 is 0 Å². The van der Waals surface area contributed by atoms with Crippen LogP contribution in [0.2, 0.25) is 0 Å². The normalized spacial score (nSPS) is 25.7. The third-order valence-corrected chi connectivity index (χ3v) is 6.96. The predicted molar refractivity (Wildman–Crippen MR) is 105 cm³/mol. The summed E-state index contributed by atoms with van der Waals surface area (Å²) >= 11 is 0. The van der Waals surface area contributed by atoms with Crippen molar-refractivity contribution in [3.8, 4) is 11.3 Å². The lowest BCUT2D eigenvalue weighted by atomic mass is 9.67. The summed E-state index contributed by atoms with van der Waals surface area (Å²) in [7, 11) is 0. The molecule has 0 bridgehead atoms. The van der Waals surface area contributed by atoms with E-state index in [4.69, 9.17) is 4.98 Å². The van der Waals surface area contributed by atoms with E-state index in [1.54, 1.807) is 0 Å². The summed E-state index contributed by atoms with van der Waals surface area (Å²) in [6.45, 7) is 9.51. The molecular weight excluding hydrogens is 302 g/mol. The van der Waals surface area contributed by atoms with Crippen LogP contribution in [-0.4, -0.2) is 4.98 Å². The van der Waals surface area contributed by atoms with Crippen molar-refractivity contribution in [3.05, 3.63) is 65.4 Å². The van der Waals surface area contributed by atoms with Crippen molar-refractivity contribution in [1.82, 2.24) is 4.98 Å². The molecule has 1 saturated carbocycles. The Morgan fingerprint density at radius 2 is 1.68 bits per heavy atom. The first-order chi connectivity index (χ1) is 12.0. The van der Waals surface area contributed by atoms with Crippen LogP contribution in [0.3, 0.4) is 0 Å². The average molecular weight is 327 g/mol. The van der Waals surface area contributed by atoms with Crippen LogP contribution >= 0.6 is 0 Å². The largest absolute Gasteiger partial charge is 0.256 e. The number of hydrogen-bond acceptors (Lipinski definition) is 1. The van der Waals surface area contributed by atoms with Gasteiger partial charge in [-0.1, -0.05) is 70.5 Å². The second-order valence-electron chi connectivity index (χ2n) is 8.64. The van der Waals surface area contributed by atoms with E-state index in [9.17, 15) is 0 Å². The SMILES string of the molecule is CCC1CC1(C)c1cccc2c1-c1nccc3cccc(c13)C2(C)C. The topological polar surface area (TPSA) is 12.9 Å². The molecule has 25 heavy (non-hydrogen) atoms. The monoisotopic (exact) mass is 327 g/mol. The molecule has 2 unspecified atom stereocenters. The van der Waals surface area contributed by atoms with E-state index in [0.29, 0.717) is 5.41 Å². The fourth-order valence-electron chi connectivity index (χ4n) is 5.27. The van der Waals surface area contributed by atoms with Gasteiger partial charge in [0.1, 0.15) is 0 Å². The summed E-state index contributed by atoms with van der Waals surface area (Å²) in [6, 6.07) is 15.8. The van der Waals surface area contributed by atoms with Crippen LogP contribution in [0.5, 0.6) is 0 Å². The first-order valence-corrected chi connectivity index (χ1v) is 9.51. The maximum atomic E-state index is 4.90. The van der Waals surface area contributed by atoms with E-state index in [0.717, 1.165) is 5.92 Å². The van der Waals surface area contributed by atoms with Crippen LogP contribution in [0.25, 0.3) is 22.0 Å². The van der Waals surface area contributed by atoms with Crippen molar-refractivity contribution in [2.75, 3.05) is 0 Å². The fourth-order valence-corrected chi connectivity index (χ4v) is 5.27. The van der Waals surface area contributed by atoms with Crippen LogP contribution in [0.1, 0.15) is 57.2 Å². The first-order valence-electron chi connectivity index (χ1n) is 9.51. The van der Waals surface area contributed by atoms with Gasteiger partial charge in [-0.05, 0) is 45.9 Å². The Kier molecular flexibility index (Phi) is 2.86. The number of benzene rings is 2. The highest BCUT2D eigenvalue weighted by Gasteiger charge is 2.52. The highest BCUT2D eigenvalue weighted by Crippen LogP contribution is 2.60. The Morgan fingerprint density at radius 1 is 0.960 bits per heavy atom. The summed E-state index contributed by atoms with van der Waals surface area (Å²) in [5.74, 6) is 0.804. The minimum atomic E-state index is 0.00779. The molecular formula is C24H25N. The van der Waals surface area contributed by atoms with Gasteiger partial charge in [-0.25, -0.2) is 0 Å². The summed E-state index contributed by atoms with van der Waals surface area (Å²) in [5.41, 5.74) is 7.29. The maximum Gasteiger partial charge on any atom is 0.0789 e. The van der Waals surface area contributed by atoms with Crippen molar-refractivity contribution in [2.45, 2.75) is 51.4 Å². The maximum absolute atomic E-state index is 4.90. The molecule has 5 rings (SSSR count). The highest BCUT2D eigenvalue weighted by molar-refractivity contribution is 6.02. The molecule has 1 heterocycles. The third kappa shape index (κ3) is 1.82. The first kappa shape index (κ1) is 15.1. The average Bonchev–Trinajstić information content (AvgIpc) is 3.31. The zero-order chi connectivity index (χ0) is 17.4. The summed E-state index contributed by atoms with van der Waals surface area (Å²) < 4.78 is 0. The van der Waals surface area contributed by atoms with Gasteiger partial charge in [0.25, 0.3) is 0 Å². The predicted octanol–water partition coefficient (Wildman–Crippen LogP) is 6.23. The van der Waals surface area contributed by atoms with Crippen LogP contribution in [0, 0.1) is 5.92 Å². The number of rotatable bonds is 2. The van der Waals surface area contributed by atoms with E-state index >= 15 is 0 Å². The molecule has 3 aromatic rings. The Morgan fingerprint density at radius 3 is 2.44 bits per heavy atom. The van der Waals surface area contributed by atoms with Gasteiger partial charge in [0.15, 0.2) is 0 Å². The molecule has 1 nitrogen and oxygen atoms in total. The van der Waals surface area contributed by atoms with E-state index in [-0.39, 0.29) is 5.41 Å². The number of hydrogen-bond donors (Lipinski definition) is 0. The summed E-state index contributed by atoms with van der Waals surface area (Å²) in [6.07, 6.45) is 4.54. The van der Waals surface area contributed by atoms with Crippen LogP contribution in [0.4, 0.5) is 0 Å². The number of pyridine rings is 1. The third-order valence-electron chi connectivity index (χ3n) is 6.96. The molecule has 0 saturated heterocycles. The molecule has 126 valence electrons. The molecule has 0 aliphatic heterocycles. The van der Waals surface area contributed by atoms with Gasteiger partial charge in [-0.15, -0.1) is 0 Å². The highest BCUT2D eigenvalue weighted by atomic mass is 14.7. The second-order valence-corrected chi connectivity index (χ2v) is 8.64. The lowest BCUT2D eigenvalue weighted by Gasteiger charge is -2.36. The molecule has 2 aromatic carbocycles. The molecule has 0 radical (unpaired) electrons. The van der Waals surface area contributed by atoms with Crippen molar-refractivity contribution in [3.63, 3.8) is 0 Å². The van der Waals surface area contributed by atoms with E-state index < -0.39 is 0 Å². The van der Waals surface area contributed by atoms with E-state index in [1.807, 2.05) is 6.20 Å². The molecule has 1 heteroatoms. The van der Waals surface area contributed by atoms with Crippen molar-refractivity contribution >= 4 is 10.8 Å². The molecule has 1 fully saturated rings. The Labute approximate surface area is 150 Å². The van der Waals surface area contributed by atoms with Gasteiger partial charge in [0.2, 0.25) is 0 Å². The van der Waals surface area contributed by atoms with E-state index in [1.165, 1.54) is 51.6 Å². The van der Waals surface area contributed by atoms with Gasteiger partial charge >= 0.3 is 0 Å². The minimum absolute atomic E-state index is 0.00779. The lowest BCUT2D eigenvalue weighted by Crippen LogP contribution is -2.25. The molecule has 0 spiro atoms. The number of aromatic nitrogens is 1. The smallest absolute Gasteiger partial charge is 0.0789 e. The Balaban J connectivity index is 1.91. The van der Waals surface area contributed by atoms with Crippen molar-refractivity contribution in [1.29, 1.82) is 0 Å². The molecule has 2 aliphatic carbocycles. The zero-order valence-electron chi connectivity index (χ0n) is 15.6. The fraction of sp³-hybridized carbons (Fsp3) is 0.375. The van der Waals surface area contributed by atoms with Gasteiger partial charge in [-0.2, -0.15) is 0 Å². The lowest BCUT2D eigenvalue weighted by molar-refractivity contribution is 0.623. The molecule has 0 N–H and O–H groups in total. The zero-order valence-corrected chi connectivity index (χ0v) is 15.6. The van der Waals surface area contributed by atoms with Gasteiger partial charge < -0.3 is 0 Å². The minimum Gasteiger partial charge on any atom is -0.256 e. The van der Waals surface area contributed by atoms with Crippen molar-refractivity contribution in [2.24, 2.45) is 5.92 Å². The van der Waals surface area contributed by atoms with Crippen LogP contribution in [-0.2, 0) is 10.8 Å². The van der Waals surface area contributed by atoms with Crippen LogP contribution in [0.15, 0.2) is 48.7 Å². The van der Waals surface area contributed by atoms with Gasteiger partial charge in [-0.3, -0.25) is 4.98 Å². The molecule has 1 aromatic heterocycles. The Hall–Kier alpha value is -2.15. The Bertz CT molecular complexity index is 1010. The number of fused-ring (bicyclic) bond motifs is 2. The van der Waals surface area contributed by atoms with E-state index in [2.05, 4.69) is 70.2 Å². The standard InChI is InChI=1S/C24H25N/c1-5-16-14-24(16,4)19-11-7-10-18-21(19)22-20-15(12-13-25-22)8-6-9-17(20)23(18,2)3/h6-13,16H,5,14H2,1-4H3. The summed E-state index contributed by atoms with van der Waals surface area (Å²) in [4.78, 5) is 4.90. The van der Waals surface area contributed by atoms with Gasteiger partial charge in [0, 0.05) is 22.6 Å². The molecule has 2 atom stereocenters. The quantitative estimate of drug-likeness (QED) is 0.544. The van der Waals surface area contributed by atoms with Gasteiger partial charge in [0.05, 0.1) is 5.69 Å². The molecule has 0 amide bonds. The number of nitrogens with zero attached hydrogens (tertiary/aromatic N) is 1. The van der Waals surface area contributed by atoms with Crippen LogP contribution < -0.4 is 0 Å².